The normalized spacial score (nSPS) is 31.6. The molecule has 0 saturated carbocycles. The van der Waals surface area contributed by atoms with Crippen molar-refractivity contribution in [2.45, 2.75) is 63.8 Å². The van der Waals surface area contributed by atoms with Crippen LogP contribution < -0.4 is 0 Å². The highest BCUT2D eigenvalue weighted by Crippen LogP contribution is 2.57. The van der Waals surface area contributed by atoms with Crippen molar-refractivity contribution in [1.82, 2.24) is 0 Å². The van der Waals surface area contributed by atoms with Gasteiger partial charge in [0.05, 0.1) is 22.7 Å². The molecule has 1 aromatic carbocycles. The van der Waals surface area contributed by atoms with Gasteiger partial charge >= 0.3 is 0 Å². The maximum Gasteiger partial charge on any atom is 0.115 e. The van der Waals surface area contributed by atoms with Gasteiger partial charge in [0.15, 0.2) is 0 Å². The highest BCUT2D eigenvalue weighted by molar-refractivity contribution is 5.41. The van der Waals surface area contributed by atoms with E-state index in [0.29, 0.717) is 19.3 Å². The molecular weight excluding hydrogens is 262 g/mol. The molecular formula is C18H23NO2. The largest absolute Gasteiger partial charge is 0.385 e. The van der Waals surface area contributed by atoms with Crippen LogP contribution in [-0.4, -0.2) is 21.9 Å². The zero-order chi connectivity index (χ0) is 15.5. The minimum atomic E-state index is -1.16. The van der Waals surface area contributed by atoms with Crippen molar-refractivity contribution in [3.8, 4) is 6.07 Å². The van der Waals surface area contributed by atoms with Crippen LogP contribution in [-0.2, 0) is 17.6 Å². The first-order valence-electron chi connectivity index (χ1n) is 7.55. The first kappa shape index (κ1) is 14.6. The van der Waals surface area contributed by atoms with Crippen LogP contribution in [0.2, 0.25) is 0 Å². The number of ether oxygens (including phenoxy) is 1. The van der Waals surface area contributed by atoms with Crippen LogP contribution in [0.3, 0.4) is 0 Å². The molecule has 0 aromatic heterocycles. The van der Waals surface area contributed by atoms with Crippen molar-refractivity contribution in [1.29, 1.82) is 5.26 Å². The lowest BCUT2D eigenvalue weighted by atomic mass is 9.62. The van der Waals surface area contributed by atoms with Gasteiger partial charge in [-0.05, 0) is 51.7 Å². The predicted octanol–water partition coefficient (Wildman–Crippen LogP) is 3.00. The van der Waals surface area contributed by atoms with E-state index in [2.05, 4.69) is 18.2 Å². The monoisotopic (exact) mass is 285 g/mol. The molecule has 1 atom stereocenters. The first-order valence-corrected chi connectivity index (χ1v) is 7.55. The molecule has 3 heteroatoms. The van der Waals surface area contributed by atoms with Gasteiger partial charge in [0.25, 0.3) is 0 Å². The molecule has 2 aliphatic rings. The van der Waals surface area contributed by atoms with E-state index in [9.17, 15) is 10.4 Å². The maximum atomic E-state index is 11.5. The summed E-state index contributed by atoms with van der Waals surface area (Å²) in [5, 5.41) is 21.5. The zero-order valence-electron chi connectivity index (χ0n) is 13.2. The lowest BCUT2D eigenvalue weighted by Gasteiger charge is -2.44. The number of fused-ring (bicyclic) bond motifs is 1. The fraction of sp³-hybridized carbons (Fsp3) is 0.611. The summed E-state index contributed by atoms with van der Waals surface area (Å²) in [5.74, 6) is 0. The molecule has 1 fully saturated rings. The van der Waals surface area contributed by atoms with E-state index in [0.717, 1.165) is 0 Å². The van der Waals surface area contributed by atoms with Crippen LogP contribution in [0, 0.1) is 16.7 Å². The van der Waals surface area contributed by atoms with E-state index in [1.807, 2.05) is 39.8 Å². The summed E-state index contributed by atoms with van der Waals surface area (Å²) in [5.41, 5.74) is -0.780. The van der Waals surface area contributed by atoms with Crippen LogP contribution in [0.1, 0.15) is 45.2 Å². The van der Waals surface area contributed by atoms with Crippen LogP contribution >= 0.6 is 0 Å². The summed E-state index contributed by atoms with van der Waals surface area (Å²) < 4.78 is 6.09. The number of hydrogen-bond donors (Lipinski definition) is 1. The second kappa shape index (κ2) is 4.09. The van der Waals surface area contributed by atoms with Gasteiger partial charge in [0, 0.05) is 6.42 Å². The molecule has 1 unspecified atom stereocenters. The number of nitrogens with zero attached hydrogens (tertiary/aromatic N) is 1. The lowest BCUT2D eigenvalue weighted by Crippen LogP contribution is -2.59. The Balaban J connectivity index is 2.09. The van der Waals surface area contributed by atoms with Crippen LogP contribution in [0.5, 0.6) is 0 Å². The average molecular weight is 285 g/mol. The lowest BCUT2D eigenvalue weighted by molar-refractivity contribution is -0.162. The molecule has 112 valence electrons. The summed E-state index contributed by atoms with van der Waals surface area (Å²) in [4.78, 5) is 0. The predicted molar refractivity (Wildman–Crippen MR) is 80.7 cm³/mol. The van der Waals surface area contributed by atoms with Gasteiger partial charge in [0.2, 0.25) is 0 Å². The van der Waals surface area contributed by atoms with Crippen LogP contribution in [0.4, 0.5) is 0 Å². The van der Waals surface area contributed by atoms with Crippen molar-refractivity contribution in [2.24, 2.45) is 5.41 Å². The fourth-order valence-electron chi connectivity index (χ4n) is 4.46. The van der Waals surface area contributed by atoms with E-state index in [-0.39, 0.29) is 0 Å². The van der Waals surface area contributed by atoms with Gasteiger partial charge in [-0.2, -0.15) is 5.26 Å². The minimum absolute atomic E-state index is 0.420. The number of rotatable bonds is 1. The quantitative estimate of drug-likeness (QED) is 0.863. The van der Waals surface area contributed by atoms with E-state index >= 15 is 0 Å². The molecule has 1 aromatic rings. The standard InChI is InChI=1S/C18H23NO2/c1-15(2)11-18(20,16(3,4)21-15)17(12-19)9-13-7-5-6-8-14(13)10-17/h5-8,20H,9-11H2,1-4H3. The van der Waals surface area contributed by atoms with Crippen molar-refractivity contribution in [3.63, 3.8) is 0 Å². The molecule has 0 bridgehead atoms. The Bertz CT molecular complexity index is 601. The van der Waals surface area contributed by atoms with Crippen molar-refractivity contribution in [2.75, 3.05) is 0 Å². The topological polar surface area (TPSA) is 53.2 Å². The van der Waals surface area contributed by atoms with Gasteiger partial charge in [-0.25, -0.2) is 0 Å². The molecule has 0 spiro atoms. The molecule has 0 amide bonds. The number of benzene rings is 1. The van der Waals surface area contributed by atoms with E-state index in [1.54, 1.807) is 0 Å². The smallest absolute Gasteiger partial charge is 0.115 e. The summed E-state index contributed by atoms with van der Waals surface area (Å²) in [7, 11) is 0. The van der Waals surface area contributed by atoms with Gasteiger partial charge in [-0.3, -0.25) is 0 Å². The Hall–Kier alpha value is -1.37. The van der Waals surface area contributed by atoms with Crippen molar-refractivity contribution >= 4 is 0 Å². The molecule has 1 aliphatic heterocycles. The highest BCUT2D eigenvalue weighted by Gasteiger charge is 2.67. The molecule has 0 radical (unpaired) electrons. The van der Waals surface area contributed by atoms with Gasteiger partial charge in [-0.15, -0.1) is 0 Å². The Morgan fingerprint density at radius 2 is 1.62 bits per heavy atom. The summed E-state index contributed by atoms with van der Waals surface area (Å²) in [6, 6.07) is 10.6. The Morgan fingerprint density at radius 1 is 1.10 bits per heavy atom. The second-order valence-corrected chi connectivity index (χ2v) is 7.73. The minimum Gasteiger partial charge on any atom is -0.385 e. The van der Waals surface area contributed by atoms with E-state index < -0.39 is 22.2 Å². The van der Waals surface area contributed by atoms with E-state index in [4.69, 9.17) is 4.74 Å². The summed E-state index contributed by atoms with van der Waals surface area (Å²) in [6.45, 7) is 7.79. The molecule has 1 N–H and O–H groups in total. The number of hydrogen-bond acceptors (Lipinski definition) is 3. The highest BCUT2D eigenvalue weighted by atomic mass is 16.5. The fourth-order valence-corrected chi connectivity index (χ4v) is 4.46. The van der Waals surface area contributed by atoms with Crippen LogP contribution in [0.15, 0.2) is 24.3 Å². The zero-order valence-corrected chi connectivity index (χ0v) is 13.2. The Kier molecular flexibility index (Phi) is 2.84. The van der Waals surface area contributed by atoms with Crippen molar-refractivity contribution < 1.29 is 9.84 Å². The van der Waals surface area contributed by atoms with Crippen LogP contribution in [0.25, 0.3) is 0 Å². The van der Waals surface area contributed by atoms with Crippen molar-refractivity contribution in [3.05, 3.63) is 35.4 Å². The molecule has 3 rings (SSSR count). The summed E-state index contributed by atoms with van der Waals surface area (Å²) >= 11 is 0. The third-order valence-electron chi connectivity index (χ3n) is 5.32. The third-order valence-corrected chi connectivity index (χ3v) is 5.32. The molecule has 1 saturated heterocycles. The third kappa shape index (κ3) is 1.86. The van der Waals surface area contributed by atoms with Gasteiger partial charge in [-0.1, -0.05) is 24.3 Å². The molecule has 1 aliphatic carbocycles. The maximum absolute atomic E-state index is 11.5. The van der Waals surface area contributed by atoms with E-state index in [1.165, 1.54) is 11.1 Å². The second-order valence-electron chi connectivity index (χ2n) is 7.73. The Labute approximate surface area is 126 Å². The molecule has 1 heterocycles. The summed E-state index contributed by atoms with van der Waals surface area (Å²) in [6.07, 6.45) is 1.67. The Morgan fingerprint density at radius 3 is 2.00 bits per heavy atom. The number of aliphatic hydroxyl groups is 1. The first-order chi connectivity index (χ1) is 9.65. The average Bonchev–Trinajstić information content (AvgIpc) is 2.83. The number of nitriles is 1. The van der Waals surface area contributed by atoms with Gasteiger partial charge < -0.3 is 9.84 Å². The SMILES string of the molecule is CC1(C)CC(O)(C2(C#N)Cc3ccccc3C2)C(C)(C)O1. The molecule has 21 heavy (non-hydrogen) atoms. The molecule has 3 nitrogen and oxygen atoms in total. The van der Waals surface area contributed by atoms with Gasteiger partial charge in [0.1, 0.15) is 5.60 Å².